The van der Waals surface area contributed by atoms with E-state index in [9.17, 15) is 4.79 Å². The van der Waals surface area contributed by atoms with Crippen LogP contribution in [0.1, 0.15) is 15.9 Å². The lowest BCUT2D eigenvalue weighted by molar-refractivity contribution is 0.101. The van der Waals surface area contributed by atoms with Gasteiger partial charge >= 0.3 is 0 Å². The lowest BCUT2D eigenvalue weighted by Crippen LogP contribution is -2.24. The van der Waals surface area contributed by atoms with Crippen molar-refractivity contribution >= 4 is 18.1 Å². The van der Waals surface area contributed by atoms with E-state index < -0.39 is 0 Å². The van der Waals surface area contributed by atoms with Crippen molar-refractivity contribution in [3.8, 4) is 11.5 Å². The molecule has 0 spiro atoms. The Morgan fingerprint density at radius 1 is 1.27 bits per heavy atom. The monoisotopic (exact) mass is 312 g/mol. The van der Waals surface area contributed by atoms with Crippen LogP contribution in [0.5, 0.6) is 0 Å². The highest BCUT2D eigenvalue weighted by atomic mass is 32.1. The molecule has 0 aliphatic heterocycles. The maximum absolute atomic E-state index is 12.3. The molecular weight excluding hydrogens is 300 g/mol. The normalized spacial score (nSPS) is 10.4. The van der Waals surface area contributed by atoms with E-state index in [0.717, 1.165) is 5.56 Å². The molecule has 2 aromatic heterocycles. The van der Waals surface area contributed by atoms with Gasteiger partial charge in [0.05, 0.1) is 6.20 Å². The number of carbonyl (C=O) groups excluding carboxylic acids is 1. The topological polar surface area (TPSA) is 88.5 Å². The van der Waals surface area contributed by atoms with E-state index in [1.165, 1.54) is 4.68 Å². The van der Waals surface area contributed by atoms with E-state index in [2.05, 4.69) is 25.6 Å². The van der Waals surface area contributed by atoms with Gasteiger partial charge in [-0.05, 0) is 31.3 Å². The minimum Gasteiger partial charge on any atom is -0.267 e. The highest BCUT2D eigenvalue weighted by molar-refractivity contribution is 7.71. The van der Waals surface area contributed by atoms with Crippen LogP contribution in [-0.2, 0) is 0 Å². The van der Waals surface area contributed by atoms with Crippen LogP contribution in [-0.4, -0.2) is 30.7 Å². The van der Waals surface area contributed by atoms with Crippen molar-refractivity contribution in [2.75, 3.05) is 5.43 Å². The van der Waals surface area contributed by atoms with Crippen molar-refractivity contribution < 1.29 is 4.79 Å². The van der Waals surface area contributed by atoms with Crippen molar-refractivity contribution in [1.29, 1.82) is 0 Å². The van der Waals surface area contributed by atoms with E-state index in [0.29, 0.717) is 17.1 Å². The molecule has 22 heavy (non-hydrogen) atoms. The summed E-state index contributed by atoms with van der Waals surface area (Å²) in [5.74, 6) is 0.0983. The van der Waals surface area contributed by atoms with Crippen LogP contribution in [0.3, 0.4) is 0 Å². The van der Waals surface area contributed by atoms with Crippen molar-refractivity contribution in [3.05, 3.63) is 58.8 Å². The molecule has 3 rings (SSSR count). The molecule has 2 N–H and O–H groups in total. The molecule has 0 bridgehead atoms. The van der Waals surface area contributed by atoms with Crippen molar-refractivity contribution in [2.45, 2.75) is 6.92 Å². The number of nitrogens with zero attached hydrogens (tertiary/aromatic N) is 4. The van der Waals surface area contributed by atoms with Gasteiger partial charge in [0.1, 0.15) is 5.69 Å². The summed E-state index contributed by atoms with van der Waals surface area (Å²) in [7, 11) is 0. The maximum Gasteiger partial charge on any atom is 0.270 e. The number of hydrogen-bond donors (Lipinski definition) is 2. The summed E-state index contributed by atoms with van der Waals surface area (Å²) in [6.07, 6.45) is 4.64. The number of hydrogen-bond acceptors (Lipinski definition) is 5. The first-order chi connectivity index (χ1) is 10.6. The Hall–Kier alpha value is -2.87. The number of amides is 1. The highest BCUT2D eigenvalue weighted by Crippen LogP contribution is 2.12. The highest BCUT2D eigenvalue weighted by Gasteiger charge is 2.13. The minimum absolute atomic E-state index is 0.265. The molecule has 0 aliphatic rings. The smallest absolute Gasteiger partial charge is 0.267 e. The molecule has 7 nitrogen and oxygen atoms in total. The van der Waals surface area contributed by atoms with Crippen molar-refractivity contribution in [2.24, 2.45) is 0 Å². The van der Waals surface area contributed by atoms with Crippen LogP contribution in [0.4, 0.5) is 0 Å². The summed E-state index contributed by atoms with van der Waals surface area (Å²) in [4.78, 5) is 20.4. The number of nitrogens with one attached hydrogen (secondary N) is 2. The summed E-state index contributed by atoms with van der Waals surface area (Å²) in [6, 6.07) is 7.23. The first-order valence-corrected chi connectivity index (χ1v) is 6.88. The van der Waals surface area contributed by atoms with E-state index in [4.69, 9.17) is 12.2 Å². The first kappa shape index (κ1) is 14.1. The second-order valence-electron chi connectivity index (χ2n) is 4.59. The maximum atomic E-state index is 12.3. The molecule has 0 aliphatic carbocycles. The Morgan fingerprint density at radius 3 is 2.73 bits per heavy atom. The Labute approximate surface area is 131 Å². The Bertz CT molecular complexity index is 853. The van der Waals surface area contributed by atoms with E-state index >= 15 is 0 Å². The van der Waals surface area contributed by atoms with Gasteiger partial charge in [0, 0.05) is 18.0 Å². The fraction of sp³-hybridized carbons (Fsp3) is 0.0714. The molecule has 0 unspecified atom stereocenters. The third-order valence-electron chi connectivity index (χ3n) is 2.99. The third kappa shape index (κ3) is 2.77. The summed E-state index contributed by atoms with van der Waals surface area (Å²) in [5, 5.41) is 6.71. The summed E-state index contributed by atoms with van der Waals surface area (Å²) in [5.41, 5.74) is 4.81. The molecule has 0 saturated heterocycles. The summed E-state index contributed by atoms with van der Waals surface area (Å²) in [6.45, 7) is 1.96. The molecule has 0 fully saturated rings. The molecule has 8 heteroatoms. The number of aryl methyl sites for hydroxylation is 1. The van der Waals surface area contributed by atoms with E-state index in [-0.39, 0.29) is 10.7 Å². The molecule has 1 amide bonds. The number of carbonyl (C=O) groups is 1. The summed E-state index contributed by atoms with van der Waals surface area (Å²) >= 11 is 5.14. The molecule has 0 atom stereocenters. The number of benzene rings is 1. The first-order valence-electron chi connectivity index (χ1n) is 6.47. The quantitative estimate of drug-likeness (QED) is 0.723. The number of rotatable bonds is 3. The van der Waals surface area contributed by atoms with Gasteiger partial charge in [0.15, 0.2) is 0 Å². The van der Waals surface area contributed by atoms with Gasteiger partial charge < -0.3 is 0 Å². The van der Waals surface area contributed by atoms with Crippen molar-refractivity contribution in [1.82, 2.24) is 24.8 Å². The minimum atomic E-state index is -0.289. The Kier molecular flexibility index (Phi) is 3.75. The molecule has 0 saturated carbocycles. The van der Waals surface area contributed by atoms with E-state index in [1.54, 1.807) is 30.7 Å². The molecule has 3 aromatic rings. The average molecular weight is 312 g/mol. The molecule has 2 heterocycles. The predicted octanol–water partition coefficient (Wildman–Crippen LogP) is 2.09. The van der Waals surface area contributed by atoms with E-state index in [1.807, 2.05) is 19.1 Å². The molecule has 1 aromatic carbocycles. The fourth-order valence-corrected chi connectivity index (χ4v) is 2.04. The second-order valence-corrected chi connectivity index (χ2v) is 4.97. The largest absolute Gasteiger partial charge is 0.270 e. The van der Waals surface area contributed by atoms with Crippen LogP contribution in [0.2, 0.25) is 0 Å². The average Bonchev–Trinajstić information content (AvgIpc) is 2.90. The molecule has 110 valence electrons. The molecule has 0 radical (unpaired) electrons. The van der Waals surface area contributed by atoms with Crippen LogP contribution in [0.25, 0.3) is 11.5 Å². The Balaban J connectivity index is 1.93. The lowest BCUT2D eigenvalue weighted by Gasteiger charge is -2.08. The van der Waals surface area contributed by atoms with Crippen LogP contribution in [0, 0.1) is 11.7 Å². The summed E-state index contributed by atoms with van der Waals surface area (Å²) < 4.78 is 1.64. The zero-order valence-electron chi connectivity index (χ0n) is 11.6. The number of aromatic amines is 1. The standard InChI is InChI=1S/C14H12N6OS/c1-9-2-4-10(5-3-9)13(21)19-20-12(17-18-14(20)22)11-8-15-6-7-16-11/h2-8H,1H3,(H,18,22)(H,19,21). The van der Waals surface area contributed by atoms with Gasteiger partial charge in [-0.3, -0.25) is 15.2 Å². The van der Waals surface area contributed by atoms with Crippen LogP contribution >= 0.6 is 12.2 Å². The van der Waals surface area contributed by atoms with Gasteiger partial charge in [-0.25, -0.2) is 14.8 Å². The van der Waals surface area contributed by atoms with Crippen molar-refractivity contribution in [3.63, 3.8) is 0 Å². The van der Waals surface area contributed by atoms with Crippen LogP contribution in [0.15, 0.2) is 42.9 Å². The Morgan fingerprint density at radius 2 is 2.05 bits per heavy atom. The number of H-pyrrole nitrogens is 1. The van der Waals surface area contributed by atoms with Gasteiger partial charge in [-0.15, -0.1) is 0 Å². The lowest BCUT2D eigenvalue weighted by atomic mass is 10.1. The zero-order valence-corrected chi connectivity index (χ0v) is 12.5. The molecular formula is C14H12N6OS. The van der Waals surface area contributed by atoms with Crippen LogP contribution < -0.4 is 5.43 Å². The van der Waals surface area contributed by atoms with Gasteiger partial charge in [-0.2, -0.15) is 5.10 Å². The predicted molar refractivity (Wildman–Crippen MR) is 83.3 cm³/mol. The van der Waals surface area contributed by atoms with Gasteiger partial charge in [0.25, 0.3) is 5.91 Å². The third-order valence-corrected chi connectivity index (χ3v) is 3.27. The van der Waals surface area contributed by atoms with Gasteiger partial charge in [-0.1, -0.05) is 17.7 Å². The number of aromatic nitrogens is 5. The fourth-order valence-electron chi connectivity index (χ4n) is 1.86. The SMILES string of the molecule is Cc1ccc(C(=O)Nn2c(-c3cnccn3)n[nH]c2=S)cc1. The second kappa shape index (κ2) is 5.86. The van der Waals surface area contributed by atoms with Gasteiger partial charge in [0.2, 0.25) is 10.6 Å². The zero-order chi connectivity index (χ0) is 15.5.